The van der Waals surface area contributed by atoms with Crippen LogP contribution in [0.1, 0.15) is 18.1 Å². The highest BCUT2D eigenvalue weighted by molar-refractivity contribution is 7.99. The maximum Gasteiger partial charge on any atom is 0.416 e. The van der Waals surface area contributed by atoms with Crippen molar-refractivity contribution in [3.8, 4) is 0 Å². The number of halogens is 4. The van der Waals surface area contributed by atoms with E-state index in [1.165, 1.54) is 11.8 Å². The summed E-state index contributed by atoms with van der Waals surface area (Å²) in [5.41, 5.74) is 0.176. The van der Waals surface area contributed by atoms with Gasteiger partial charge in [0.2, 0.25) is 5.91 Å². The summed E-state index contributed by atoms with van der Waals surface area (Å²) in [4.78, 5) is 12.2. The van der Waals surface area contributed by atoms with Gasteiger partial charge in [0.1, 0.15) is 0 Å². The molecule has 2 aromatic rings. The van der Waals surface area contributed by atoms with Gasteiger partial charge in [0.15, 0.2) is 0 Å². The molecule has 1 amide bonds. The van der Waals surface area contributed by atoms with Gasteiger partial charge in [-0.15, -0.1) is 11.8 Å². The van der Waals surface area contributed by atoms with Crippen molar-refractivity contribution in [1.29, 1.82) is 0 Å². The van der Waals surface area contributed by atoms with Gasteiger partial charge in [0, 0.05) is 5.75 Å². The second-order valence-electron chi connectivity index (χ2n) is 5.12. The predicted molar refractivity (Wildman–Crippen MR) is 92.3 cm³/mol. The van der Waals surface area contributed by atoms with Crippen LogP contribution in [0.5, 0.6) is 0 Å². The molecule has 0 bridgehead atoms. The third-order valence-electron chi connectivity index (χ3n) is 3.26. The summed E-state index contributed by atoms with van der Waals surface area (Å²) in [5.74, 6) is 0.239. The van der Waals surface area contributed by atoms with Crippen molar-refractivity contribution in [1.82, 2.24) is 0 Å². The molecule has 128 valence electrons. The summed E-state index contributed by atoms with van der Waals surface area (Å²) in [6.45, 7) is 1.70. The Hall–Kier alpha value is -1.66. The molecule has 0 radical (unpaired) electrons. The molecule has 0 fully saturated rings. The normalized spacial score (nSPS) is 12.7. The molecule has 1 atom stereocenters. The number of carbonyl (C=O) groups excluding carboxylic acids is 1. The van der Waals surface area contributed by atoms with Crippen molar-refractivity contribution in [3.05, 3.63) is 64.7 Å². The Kier molecular flexibility index (Phi) is 6.18. The smallest absolute Gasteiger partial charge is 0.324 e. The summed E-state index contributed by atoms with van der Waals surface area (Å²) in [6.07, 6.45) is -4.49. The highest BCUT2D eigenvalue weighted by Crippen LogP contribution is 2.34. The maximum absolute atomic E-state index is 12.7. The molecule has 7 heteroatoms. The van der Waals surface area contributed by atoms with Crippen molar-refractivity contribution in [2.24, 2.45) is 0 Å². The highest BCUT2D eigenvalue weighted by Gasteiger charge is 2.31. The molecule has 1 unspecified atom stereocenters. The quantitative estimate of drug-likeness (QED) is 0.737. The number of hydrogen-bond donors (Lipinski definition) is 1. The standard InChI is InChI=1S/C17H15ClF3NOS/c1-11(24-10-12-5-3-2-4-6-12)16(23)22-15-9-13(17(19,20)21)7-8-14(15)18/h2-9,11H,10H2,1H3,(H,22,23). The number of nitrogens with one attached hydrogen (secondary N) is 1. The number of anilines is 1. The van der Waals surface area contributed by atoms with E-state index < -0.39 is 22.9 Å². The lowest BCUT2D eigenvalue weighted by Crippen LogP contribution is -2.23. The summed E-state index contributed by atoms with van der Waals surface area (Å²) in [6, 6.07) is 12.5. The fourth-order valence-corrected chi connectivity index (χ4v) is 2.91. The average molecular weight is 374 g/mol. The Morgan fingerprint density at radius 3 is 2.50 bits per heavy atom. The molecule has 0 aliphatic rings. The molecule has 24 heavy (non-hydrogen) atoms. The summed E-state index contributed by atoms with van der Waals surface area (Å²) in [5, 5.41) is 2.10. The summed E-state index contributed by atoms with van der Waals surface area (Å²) in [7, 11) is 0. The van der Waals surface area contributed by atoms with Crippen LogP contribution in [0.2, 0.25) is 5.02 Å². The van der Waals surface area contributed by atoms with Gasteiger partial charge in [-0.2, -0.15) is 13.2 Å². The van der Waals surface area contributed by atoms with Gasteiger partial charge in [-0.3, -0.25) is 4.79 Å². The van der Waals surface area contributed by atoms with E-state index in [1.807, 2.05) is 30.3 Å². The largest absolute Gasteiger partial charge is 0.416 e. The zero-order valence-corrected chi connectivity index (χ0v) is 14.3. The molecule has 0 heterocycles. The van der Waals surface area contributed by atoms with Crippen LogP contribution in [0.25, 0.3) is 0 Å². The van der Waals surface area contributed by atoms with Gasteiger partial charge in [-0.1, -0.05) is 41.9 Å². The molecule has 0 saturated heterocycles. The first-order valence-electron chi connectivity index (χ1n) is 7.10. The summed E-state index contributed by atoms with van der Waals surface area (Å²) < 4.78 is 38.2. The first kappa shape index (κ1) is 18.7. The van der Waals surface area contributed by atoms with Crippen molar-refractivity contribution in [2.75, 3.05) is 5.32 Å². The van der Waals surface area contributed by atoms with Crippen molar-refractivity contribution >= 4 is 35.0 Å². The van der Waals surface area contributed by atoms with Crippen LogP contribution >= 0.6 is 23.4 Å². The minimum Gasteiger partial charge on any atom is -0.324 e. The highest BCUT2D eigenvalue weighted by atomic mass is 35.5. The zero-order chi connectivity index (χ0) is 17.7. The van der Waals surface area contributed by atoms with Gasteiger partial charge in [-0.05, 0) is 30.7 Å². The Morgan fingerprint density at radius 1 is 1.21 bits per heavy atom. The lowest BCUT2D eigenvalue weighted by atomic mass is 10.2. The number of alkyl halides is 3. The van der Waals surface area contributed by atoms with E-state index in [0.29, 0.717) is 5.75 Å². The second kappa shape index (κ2) is 7.94. The van der Waals surface area contributed by atoms with Crippen molar-refractivity contribution in [3.63, 3.8) is 0 Å². The third kappa shape index (κ3) is 5.18. The fraction of sp³-hybridized carbons (Fsp3) is 0.235. The second-order valence-corrected chi connectivity index (χ2v) is 6.86. The molecule has 0 saturated carbocycles. The lowest BCUT2D eigenvalue weighted by molar-refractivity contribution is -0.137. The first-order valence-corrected chi connectivity index (χ1v) is 8.53. The average Bonchev–Trinajstić information content (AvgIpc) is 2.54. The lowest BCUT2D eigenvalue weighted by Gasteiger charge is -2.15. The SMILES string of the molecule is CC(SCc1ccccc1)C(=O)Nc1cc(C(F)(F)F)ccc1Cl. The number of amides is 1. The van der Waals surface area contributed by atoms with E-state index in [0.717, 1.165) is 23.8 Å². The Bertz CT molecular complexity index is 707. The van der Waals surface area contributed by atoms with E-state index in [4.69, 9.17) is 11.6 Å². The van der Waals surface area contributed by atoms with Gasteiger partial charge in [0.05, 0.1) is 21.5 Å². The number of rotatable bonds is 5. The minimum absolute atomic E-state index is 0.0383. The topological polar surface area (TPSA) is 29.1 Å². The van der Waals surface area contributed by atoms with E-state index >= 15 is 0 Å². The van der Waals surface area contributed by atoms with E-state index in [2.05, 4.69) is 5.32 Å². The number of benzene rings is 2. The van der Waals surface area contributed by atoms with Crippen LogP contribution < -0.4 is 5.32 Å². The minimum atomic E-state index is -4.49. The Morgan fingerprint density at radius 2 is 1.88 bits per heavy atom. The van der Waals surface area contributed by atoms with Crippen LogP contribution in [0.4, 0.5) is 18.9 Å². The molecule has 2 rings (SSSR count). The fourth-order valence-electron chi connectivity index (χ4n) is 1.90. The predicted octanol–water partition coefficient (Wildman–Crippen LogP) is 5.62. The zero-order valence-electron chi connectivity index (χ0n) is 12.7. The molecular weight excluding hydrogens is 359 g/mol. The van der Waals surface area contributed by atoms with Gasteiger partial charge in [0.25, 0.3) is 0 Å². The van der Waals surface area contributed by atoms with Crippen LogP contribution in [-0.2, 0) is 16.7 Å². The van der Waals surface area contributed by atoms with E-state index in [-0.39, 0.29) is 10.7 Å². The molecular formula is C17H15ClF3NOS. The van der Waals surface area contributed by atoms with Gasteiger partial charge >= 0.3 is 6.18 Å². The number of hydrogen-bond acceptors (Lipinski definition) is 2. The first-order chi connectivity index (χ1) is 11.3. The molecule has 0 aliphatic carbocycles. The Balaban J connectivity index is 2.01. The molecule has 2 nitrogen and oxygen atoms in total. The van der Waals surface area contributed by atoms with E-state index in [9.17, 15) is 18.0 Å². The number of thioether (sulfide) groups is 1. The van der Waals surface area contributed by atoms with Gasteiger partial charge in [-0.25, -0.2) is 0 Å². The maximum atomic E-state index is 12.7. The molecule has 1 N–H and O–H groups in total. The molecule has 2 aromatic carbocycles. The molecule has 0 aromatic heterocycles. The number of carbonyl (C=O) groups is 1. The monoisotopic (exact) mass is 373 g/mol. The van der Waals surface area contributed by atoms with Crippen LogP contribution in [-0.4, -0.2) is 11.2 Å². The third-order valence-corrected chi connectivity index (χ3v) is 4.81. The van der Waals surface area contributed by atoms with Gasteiger partial charge < -0.3 is 5.32 Å². The van der Waals surface area contributed by atoms with Crippen molar-refractivity contribution < 1.29 is 18.0 Å². The van der Waals surface area contributed by atoms with Crippen LogP contribution in [0.3, 0.4) is 0 Å². The molecule has 0 aliphatic heterocycles. The summed E-state index contributed by atoms with van der Waals surface area (Å²) >= 11 is 7.27. The van der Waals surface area contributed by atoms with E-state index in [1.54, 1.807) is 6.92 Å². The van der Waals surface area contributed by atoms with Crippen molar-refractivity contribution in [2.45, 2.75) is 24.1 Å². The molecule has 0 spiro atoms. The van der Waals surface area contributed by atoms with Crippen LogP contribution in [0, 0.1) is 0 Å². The Labute approximate surface area is 147 Å². The van der Waals surface area contributed by atoms with Crippen LogP contribution in [0.15, 0.2) is 48.5 Å².